The van der Waals surface area contributed by atoms with E-state index >= 15 is 0 Å². The summed E-state index contributed by atoms with van der Waals surface area (Å²) < 4.78 is 0. The SMILES string of the molecule is NC(=O)c1ccc(NCCC(N)c2ccccc2)c(Cl)c1. The Hall–Kier alpha value is -2.04. The van der Waals surface area contributed by atoms with Gasteiger partial charge in [0.05, 0.1) is 10.7 Å². The Kier molecular flexibility index (Phi) is 5.20. The number of halogens is 1. The minimum absolute atomic E-state index is 0.0256. The van der Waals surface area contributed by atoms with Crippen LogP contribution in [-0.2, 0) is 0 Å². The van der Waals surface area contributed by atoms with E-state index in [1.807, 2.05) is 30.3 Å². The first kappa shape index (κ1) is 15.4. The molecule has 0 bridgehead atoms. The number of primary amides is 1. The molecule has 0 heterocycles. The maximum absolute atomic E-state index is 11.1. The lowest BCUT2D eigenvalue weighted by molar-refractivity contribution is 0.100. The van der Waals surface area contributed by atoms with Gasteiger partial charge in [-0.15, -0.1) is 0 Å². The molecule has 110 valence electrons. The van der Waals surface area contributed by atoms with Crippen LogP contribution < -0.4 is 16.8 Å². The molecule has 1 amide bonds. The second-order valence-corrected chi connectivity index (χ2v) is 5.20. The Morgan fingerprint density at radius 2 is 1.90 bits per heavy atom. The fraction of sp³-hybridized carbons (Fsp3) is 0.188. The van der Waals surface area contributed by atoms with Gasteiger partial charge in [0.2, 0.25) is 5.91 Å². The zero-order valence-corrected chi connectivity index (χ0v) is 12.3. The Balaban J connectivity index is 1.90. The molecule has 1 atom stereocenters. The van der Waals surface area contributed by atoms with E-state index in [-0.39, 0.29) is 6.04 Å². The largest absolute Gasteiger partial charge is 0.384 e. The summed E-state index contributed by atoms with van der Waals surface area (Å²) in [6, 6.07) is 14.9. The summed E-state index contributed by atoms with van der Waals surface area (Å²) in [5.74, 6) is -0.491. The summed E-state index contributed by atoms with van der Waals surface area (Å²) in [6.07, 6.45) is 0.776. The van der Waals surface area contributed by atoms with Gasteiger partial charge in [0, 0.05) is 18.2 Å². The summed E-state index contributed by atoms with van der Waals surface area (Å²) in [5.41, 5.74) is 13.6. The van der Waals surface area contributed by atoms with Crippen molar-refractivity contribution in [2.75, 3.05) is 11.9 Å². The van der Waals surface area contributed by atoms with E-state index in [1.54, 1.807) is 18.2 Å². The number of rotatable bonds is 6. The maximum Gasteiger partial charge on any atom is 0.248 e. The summed E-state index contributed by atoms with van der Waals surface area (Å²) in [5, 5.41) is 3.69. The van der Waals surface area contributed by atoms with Crippen LogP contribution in [0.15, 0.2) is 48.5 Å². The van der Waals surface area contributed by atoms with Crippen LogP contribution in [0.2, 0.25) is 5.02 Å². The van der Waals surface area contributed by atoms with Crippen molar-refractivity contribution < 1.29 is 4.79 Å². The highest BCUT2D eigenvalue weighted by Gasteiger charge is 2.07. The summed E-state index contributed by atoms with van der Waals surface area (Å²) in [6.45, 7) is 0.686. The first-order valence-corrected chi connectivity index (χ1v) is 7.09. The Morgan fingerprint density at radius 3 is 2.52 bits per heavy atom. The smallest absolute Gasteiger partial charge is 0.248 e. The van der Waals surface area contributed by atoms with E-state index in [9.17, 15) is 4.79 Å². The number of anilines is 1. The topological polar surface area (TPSA) is 81.1 Å². The molecule has 0 saturated carbocycles. The van der Waals surface area contributed by atoms with Crippen LogP contribution in [0.25, 0.3) is 0 Å². The molecule has 21 heavy (non-hydrogen) atoms. The quantitative estimate of drug-likeness (QED) is 0.767. The third-order valence-corrected chi connectivity index (χ3v) is 3.56. The highest BCUT2D eigenvalue weighted by Crippen LogP contribution is 2.23. The highest BCUT2D eigenvalue weighted by molar-refractivity contribution is 6.33. The minimum Gasteiger partial charge on any atom is -0.384 e. The van der Waals surface area contributed by atoms with Gasteiger partial charge in [0.1, 0.15) is 0 Å². The molecular formula is C16H18ClN3O. The summed E-state index contributed by atoms with van der Waals surface area (Å²) >= 11 is 6.10. The molecule has 5 N–H and O–H groups in total. The molecule has 0 aliphatic rings. The zero-order valence-electron chi connectivity index (χ0n) is 11.6. The molecule has 0 aliphatic heterocycles. The Labute approximate surface area is 129 Å². The van der Waals surface area contributed by atoms with E-state index in [2.05, 4.69) is 5.32 Å². The van der Waals surface area contributed by atoms with Crippen molar-refractivity contribution in [1.82, 2.24) is 0 Å². The molecule has 0 aromatic heterocycles. The van der Waals surface area contributed by atoms with Gasteiger partial charge in [0.25, 0.3) is 0 Å². The number of amides is 1. The normalized spacial score (nSPS) is 11.9. The number of benzene rings is 2. The van der Waals surface area contributed by atoms with E-state index < -0.39 is 5.91 Å². The molecule has 0 radical (unpaired) electrons. The van der Waals surface area contributed by atoms with E-state index in [0.717, 1.165) is 17.7 Å². The molecule has 0 fully saturated rings. The summed E-state index contributed by atoms with van der Waals surface area (Å²) in [4.78, 5) is 11.1. The van der Waals surface area contributed by atoms with Crippen LogP contribution in [0.1, 0.15) is 28.4 Å². The van der Waals surface area contributed by atoms with Gasteiger partial charge in [-0.3, -0.25) is 4.79 Å². The fourth-order valence-electron chi connectivity index (χ4n) is 2.04. The molecule has 0 spiro atoms. The van der Waals surface area contributed by atoms with E-state index in [0.29, 0.717) is 17.1 Å². The second kappa shape index (κ2) is 7.11. The van der Waals surface area contributed by atoms with Gasteiger partial charge < -0.3 is 16.8 Å². The van der Waals surface area contributed by atoms with E-state index in [4.69, 9.17) is 23.1 Å². The standard InChI is InChI=1S/C16H18ClN3O/c17-13-10-12(16(19)21)6-7-15(13)20-9-8-14(18)11-4-2-1-3-5-11/h1-7,10,14,20H,8-9,18H2,(H2,19,21). The first-order valence-electron chi connectivity index (χ1n) is 6.71. The van der Waals surface area contributed by atoms with Crippen molar-refractivity contribution in [3.05, 3.63) is 64.7 Å². The lowest BCUT2D eigenvalue weighted by Crippen LogP contribution is -2.15. The second-order valence-electron chi connectivity index (χ2n) is 4.79. The average molecular weight is 304 g/mol. The molecule has 1 unspecified atom stereocenters. The molecule has 5 heteroatoms. The minimum atomic E-state index is -0.491. The molecule has 0 saturated heterocycles. The van der Waals surface area contributed by atoms with Gasteiger partial charge >= 0.3 is 0 Å². The van der Waals surface area contributed by atoms with Crippen LogP contribution in [-0.4, -0.2) is 12.5 Å². The number of nitrogens with two attached hydrogens (primary N) is 2. The van der Waals surface area contributed by atoms with Gasteiger partial charge in [0.15, 0.2) is 0 Å². The van der Waals surface area contributed by atoms with Crippen molar-refractivity contribution in [1.29, 1.82) is 0 Å². The van der Waals surface area contributed by atoms with Crippen LogP contribution in [0.4, 0.5) is 5.69 Å². The van der Waals surface area contributed by atoms with Crippen LogP contribution in [0.3, 0.4) is 0 Å². The van der Waals surface area contributed by atoms with Crippen LogP contribution in [0, 0.1) is 0 Å². The molecule has 2 rings (SSSR count). The van der Waals surface area contributed by atoms with Crippen molar-refractivity contribution in [2.45, 2.75) is 12.5 Å². The number of nitrogens with one attached hydrogen (secondary N) is 1. The third kappa shape index (κ3) is 4.21. The maximum atomic E-state index is 11.1. The van der Waals surface area contributed by atoms with Crippen molar-refractivity contribution in [3.8, 4) is 0 Å². The van der Waals surface area contributed by atoms with Crippen LogP contribution >= 0.6 is 11.6 Å². The predicted octanol–water partition coefficient (Wildman–Crippen LogP) is 2.94. The van der Waals surface area contributed by atoms with Gasteiger partial charge in [-0.1, -0.05) is 41.9 Å². The highest BCUT2D eigenvalue weighted by atomic mass is 35.5. The lowest BCUT2D eigenvalue weighted by Gasteiger charge is -2.14. The first-order chi connectivity index (χ1) is 10.1. The monoisotopic (exact) mass is 303 g/mol. The van der Waals surface area contributed by atoms with E-state index in [1.165, 1.54) is 0 Å². The number of carbonyl (C=O) groups is 1. The summed E-state index contributed by atoms with van der Waals surface area (Å²) in [7, 11) is 0. The van der Waals surface area contributed by atoms with Crippen molar-refractivity contribution >= 4 is 23.2 Å². The lowest BCUT2D eigenvalue weighted by atomic mass is 10.1. The van der Waals surface area contributed by atoms with Crippen molar-refractivity contribution in [3.63, 3.8) is 0 Å². The average Bonchev–Trinajstić information content (AvgIpc) is 2.49. The fourth-order valence-corrected chi connectivity index (χ4v) is 2.29. The third-order valence-electron chi connectivity index (χ3n) is 3.25. The van der Waals surface area contributed by atoms with Gasteiger partial charge in [-0.05, 0) is 30.2 Å². The number of hydrogen-bond acceptors (Lipinski definition) is 3. The molecule has 2 aromatic rings. The van der Waals surface area contributed by atoms with Gasteiger partial charge in [-0.2, -0.15) is 0 Å². The van der Waals surface area contributed by atoms with Crippen molar-refractivity contribution in [2.24, 2.45) is 11.5 Å². The predicted molar refractivity (Wildman–Crippen MR) is 86.4 cm³/mol. The molecule has 0 aliphatic carbocycles. The molecule has 2 aromatic carbocycles. The molecular weight excluding hydrogens is 286 g/mol. The Morgan fingerprint density at radius 1 is 1.19 bits per heavy atom. The zero-order chi connectivity index (χ0) is 15.2. The van der Waals surface area contributed by atoms with Gasteiger partial charge in [-0.25, -0.2) is 0 Å². The number of carbonyl (C=O) groups excluding carboxylic acids is 1. The van der Waals surface area contributed by atoms with Crippen LogP contribution in [0.5, 0.6) is 0 Å². The Bertz CT molecular complexity index is 616. The molecule has 4 nitrogen and oxygen atoms in total. The number of hydrogen-bond donors (Lipinski definition) is 3.